The molecule has 1 heterocycles. The van der Waals surface area contributed by atoms with E-state index in [0.29, 0.717) is 12.5 Å². The number of amides is 1. The van der Waals surface area contributed by atoms with Crippen molar-refractivity contribution in [1.82, 2.24) is 10.6 Å². The first-order chi connectivity index (χ1) is 8.75. The third-order valence-corrected chi connectivity index (χ3v) is 3.36. The quantitative estimate of drug-likeness (QED) is 0.855. The first-order valence-electron chi connectivity index (χ1n) is 6.43. The summed E-state index contributed by atoms with van der Waals surface area (Å²) in [5.74, 6) is 0.509. The highest BCUT2D eigenvalue weighted by Crippen LogP contribution is 2.12. The van der Waals surface area contributed by atoms with Crippen molar-refractivity contribution < 1.29 is 9.53 Å². The van der Waals surface area contributed by atoms with Crippen LogP contribution < -0.4 is 10.6 Å². The summed E-state index contributed by atoms with van der Waals surface area (Å²) in [6.45, 7) is 4.36. The smallest absolute Gasteiger partial charge is 0.407 e. The van der Waals surface area contributed by atoms with Crippen LogP contribution in [0.3, 0.4) is 0 Å². The van der Waals surface area contributed by atoms with E-state index in [9.17, 15) is 4.79 Å². The summed E-state index contributed by atoms with van der Waals surface area (Å²) in [5, 5.41) is 6.18. The van der Waals surface area contributed by atoms with Crippen molar-refractivity contribution in [2.75, 3.05) is 13.1 Å². The number of carbonyl (C=O) groups excluding carboxylic acids is 1. The van der Waals surface area contributed by atoms with Gasteiger partial charge >= 0.3 is 6.09 Å². The second-order valence-electron chi connectivity index (χ2n) is 4.75. The number of nitrogens with one attached hydrogen (secondary N) is 2. The molecule has 2 unspecified atom stereocenters. The molecule has 2 rings (SSSR count). The van der Waals surface area contributed by atoms with Gasteiger partial charge in [0.15, 0.2) is 0 Å². The minimum Gasteiger partial charge on any atom is -0.445 e. The third kappa shape index (κ3) is 3.74. The molecule has 4 heteroatoms. The van der Waals surface area contributed by atoms with Crippen LogP contribution >= 0.6 is 0 Å². The molecule has 98 valence electrons. The van der Waals surface area contributed by atoms with E-state index >= 15 is 0 Å². The number of ether oxygens (including phenoxy) is 1. The molecule has 1 fully saturated rings. The fraction of sp³-hybridized carbons (Fsp3) is 0.500. The van der Waals surface area contributed by atoms with E-state index in [1.165, 1.54) is 0 Å². The molecule has 1 aromatic carbocycles. The van der Waals surface area contributed by atoms with E-state index in [1.54, 1.807) is 0 Å². The average molecular weight is 248 g/mol. The SMILES string of the molecule is CC(NC(=O)OCc1ccccc1)C1CCNC1. The van der Waals surface area contributed by atoms with Gasteiger partial charge in [-0.15, -0.1) is 0 Å². The minimum atomic E-state index is -0.335. The lowest BCUT2D eigenvalue weighted by Crippen LogP contribution is -2.39. The van der Waals surface area contributed by atoms with Crippen LogP contribution in [0.5, 0.6) is 0 Å². The van der Waals surface area contributed by atoms with Crippen molar-refractivity contribution >= 4 is 6.09 Å². The first kappa shape index (κ1) is 12.9. The van der Waals surface area contributed by atoms with E-state index in [1.807, 2.05) is 37.3 Å². The predicted octanol–water partition coefficient (Wildman–Crippen LogP) is 1.91. The molecule has 0 radical (unpaired) electrons. The molecule has 0 spiro atoms. The van der Waals surface area contributed by atoms with Crippen LogP contribution in [0, 0.1) is 5.92 Å². The average Bonchev–Trinajstić information content (AvgIpc) is 2.91. The number of carbonyl (C=O) groups is 1. The largest absolute Gasteiger partial charge is 0.445 e. The zero-order valence-electron chi connectivity index (χ0n) is 10.7. The Hall–Kier alpha value is -1.55. The van der Waals surface area contributed by atoms with Crippen LogP contribution in [0.1, 0.15) is 18.9 Å². The van der Waals surface area contributed by atoms with Crippen molar-refractivity contribution in [3.05, 3.63) is 35.9 Å². The Kier molecular flexibility index (Phi) is 4.59. The fourth-order valence-corrected chi connectivity index (χ4v) is 2.17. The van der Waals surface area contributed by atoms with E-state index in [0.717, 1.165) is 25.1 Å². The Balaban J connectivity index is 1.71. The number of rotatable bonds is 4. The van der Waals surface area contributed by atoms with Crippen LogP contribution in [0.25, 0.3) is 0 Å². The number of hydrogen-bond acceptors (Lipinski definition) is 3. The number of hydrogen-bond donors (Lipinski definition) is 2. The maximum atomic E-state index is 11.6. The van der Waals surface area contributed by atoms with Gasteiger partial charge in [-0.1, -0.05) is 30.3 Å². The molecule has 1 aliphatic rings. The molecule has 18 heavy (non-hydrogen) atoms. The van der Waals surface area contributed by atoms with Gasteiger partial charge < -0.3 is 15.4 Å². The normalized spacial score (nSPS) is 20.4. The lowest BCUT2D eigenvalue weighted by Gasteiger charge is -2.19. The van der Waals surface area contributed by atoms with E-state index in [2.05, 4.69) is 10.6 Å². The van der Waals surface area contributed by atoms with Gasteiger partial charge in [-0.05, 0) is 37.9 Å². The summed E-state index contributed by atoms with van der Waals surface area (Å²) in [5.41, 5.74) is 1.00. The summed E-state index contributed by atoms with van der Waals surface area (Å²) < 4.78 is 5.19. The molecule has 4 nitrogen and oxygen atoms in total. The first-order valence-corrected chi connectivity index (χ1v) is 6.43. The van der Waals surface area contributed by atoms with E-state index < -0.39 is 0 Å². The highest BCUT2D eigenvalue weighted by atomic mass is 16.5. The number of alkyl carbamates (subject to hydrolysis) is 1. The molecule has 1 aliphatic heterocycles. The Morgan fingerprint density at radius 3 is 2.94 bits per heavy atom. The topological polar surface area (TPSA) is 50.4 Å². The molecule has 0 aliphatic carbocycles. The van der Waals surface area contributed by atoms with Crippen LogP contribution in [-0.2, 0) is 11.3 Å². The molecule has 1 aromatic rings. The maximum absolute atomic E-state index is 11.6. The summed E-state index contributed by atoms with van der Waals surface area (Å²) in [6, 6.07) is 9.85. The summed E-state index contributed by atoms with van der Waals surface area (Å²) in [7, 11) is 0. The lowest BCUT2D eigenvalue weighted by molar-refractivity contribution is 0.133. The molecule has 2 N–H and O–H groups in total. The van der Waals surface area contributed by atoms with Crippen molar-refractivity contribution in [2.45, 2.75) is 26.0 Å². The van der Waals surface area contributed by atoms with E-state index in [-0.39, 0.29) is 12.1 Å². The van der Waals surface area contributed by atoms with Crippen LogP contribution in [0.2, 0.25) is 0 Å². The highest BCUT2D eigenvalue weighted by Gasteiger charge is 2.22. The van der Waals surface area contributed by atoms with Crippen molar-refractivity contribution in [1.29, 1.82) is 0 Å². The van der Waals surface area contributed by atoms with Gasteiger partial charge in [0.25, 0.3) is 0 Å². The van der Waals surface area contributed by atoms with Gasteiger partial charge in [0.05, 0.1) is 0 Å². The van der Waals surface area contributed by atoms with Crippen molar-refractivity contribution in [3.8, 4) is 0 Å². The Morgan fingerprint density at radius 1 is 1.50 bits per heavy atom. The monoisotopic (exact) mass is 248 g/mol. The minimum absolute atomic E-state index is 0.156. The molecule has 1 amide bonds. The molecule has 0 bridgehead atoms. The third-order valence-electron chi connectivity index (χ3n) is 3.36. The fourth-order valence-electron chi connectivity index (χ4n) is 2.17. The Labute approximate surface area is 108 Å². The van der Waals surface area contributed by atoms with Crippen LogP contribution in [0.4, 0.5) is 4.79 Å². The van der Waals surface area contributed by atoms with Gasteiger partial charge in [0.2, 0.25) is 0 Å². The number of benzene rings is 1. The van der Waals surface area contributed by atoms with Gasteiger partial charge in [-0.3, -0.25) is 0 Å². The molecule has 0 saturated carbocycles. The van der Waals surface area contributed by atoms with E-state index in [4.69, 9.17) is 4.74 Å². The van der Waals surface area contributed by atoms with Crippen molar-refractivity contribution in [2.24, 2.45) is 5.92 Å². The molecule has 0 aromatic heterocycles. The summed E-state index contributed by atoms with van der Waals surface area (Å²) >= 11 is 0. The zero-order chi connectivity index (χ0) is 12.8. The molecule has 1 saturated heterocycles. The zero-order valence-corrected chi connectivity index (χ0v) is 10.7. The standard InChI is InChI=1S/C14H20N2O2/c1-11(13-7-8-15-9-13)16-14(17)18-10-12-5-3-2-4-6-12/h2-6,11,13,15H,7-10H2,1H3,(H,16,17). The summed E-state index contributed by atoms with van der Waals surface area (Å²) in [6.07, 6.45) is 0.776. The van der Waals surface area contributed by atoms with Gasteiger partial charge in [-0.2, -0.15) is 0 Å². The molecular formula is C14H20N2O2. The van der Waals surface area contributed by atoms with Crippen LogP contribution in [-0.4, -0.2) is 25.2 Å². The van der Waals surface area contributed by atoms with Gasteiger partial charge in [0.1, 0.15) is 6.61 Å². The summed E-state index contributed by atoms with van der Waals surface area (Å²) in [4.78, 5) is 11.6. The highest BCUT2D eigenvalue weighted by molar-refractivity contribution is 5.67. The Morgan fingerprint density at radius 2 is 2.28 bits per heavy atom. The van der Waals surface area contributed by atoms with Gasteiger partial charge in [0, 0.05) is 6.04 Å². The molecular weight excluding hydrogens is 228 g/mol. The predicted molar refractivity (Wildman–Crippen MR) is 70.2 cm³/mol. The second-order valence-corrected chi connectivity index (χ2v) is 4.75. The maximum Gasteiger partial charge on any atom is 0.407 e. The second kappa shape index (κ2) is 6.40. The molecule has 2 atom stereocenters. The van der Waals surface area contributed by atoms with Gasteiger partial charge in [-0.25, -0.2) is 4.79 Å². The van der Waals surface area contributed by atoms with Crippen LogP contribution in [0.15, 0.2) is 30.3 Å². The Bertz CT molecular complexity index is 375. The van der Waals surface area contributed by atoms with Crippen molar-refractivity contribution in [3.63, 3.8) is 0 Å². The lowest BCUT2D eigenvalue weighted by atomic mass is 10.0.